The minimum Gasteiger partial charge on any atom is -0.445 e. The van der Waals surface area contributed by atoms with Gasteiger partial charge in [0, 0.05) is 26.6 Å². The van der Waals surface area contributed by atoms with Crippen LogP contribution >= 0.6 is 0 Å². The number of aryl methyl sites for hydroxylation is 1. The number of nitrogens with zero attached hydrogens (tertiary/aromatic N) is 6. The van der Waals surface area contributed by atoms with E-state index >= 15 is 0 Å². The number of para-hydroxylation sites is 1. The van der Waals surface area contributed by atoms with Crippen molar-refractivity contribution < 1.29 is 18.8 Å². The Morgan fingerprint density at radius 1 is 1.17 bits per heavy atom. The van der Waals surface area contributed by atoms with Gasteiger partial charge in [0.25, 0.3) is 11.8 Å². The second-order valence-electron chi connectivity index (χ2n) is 6.47. The summed E-state index contributed by atoms with van der Waals surface area (Å²) < 4.78 is 5.62. The number of hydrogen-bond acceptors (Lipinski definition) is 7. The zero-order valence-corrected chi connectivity index (χ0v) is 17.4. The lowest BCUT2D eigenvalue weighted by atomic mass is 10.1. The van der Waals surface area contributed by atoms with Crippen molar-refractivity contribution in [2.45, 2.75) is 20.3 Å². The smallest absolute Gasteiger partial charge is 0.299 e. The Morgan fingerprint density at radius 2 is 1.87 bits per heavy atom. The Bertz CT molecular complexity index is 1010. The predicted molar refractivity (Wildman–Crippen MR) is 107 cm³/mol. The average molecular weight is 412 g/mol. The van der Waals surface area contributed by atoms with E-state index in [1.165, 1.54) is 19.0 Å². The summed E-state index contributed by atoms with van der Waals surface area (Å²) in [7, 11) is 2.90. The molecule has 0 N–H and O–H groups in total. The van der Waals surface area contributed by atoms with Crippen LogP contribution in [0, 0.1) is 6.92 Å². The van der Waals surface area contributed by atoms with Gasteiger partial charge in [-0.3, -0.25) is 14.4 Å². The molecule has 0 radical (unpaired) electrons. The third kappa shape index (κ3) is 4.38. The van der Waals surface area contributed by atoms with Crippen LogP contribution in [0.5, 0.6) is 0 Å². The van der Waals surface area contributed by atoms with Gasteiger partial charge in [0.15, 0.2) is 11.6 Å². The van der Waals surface area contributed by atoms with E-state index in [9.17, 15) is 9.59 Å². The van der Waals surface area contributed by atoms with Crippen LogP contribution in [0.3, 0.4) is 0 Å². The maximum atomic E-state index is 13.2. The number of hydroxylamine groups is 2. The van der Waals surface area contributed by atoms with E-state index in [1.807, 2.05) is 13.0 Å². The van der Waals surface area contributed by atoms with Crippen molar-refractivity contribution in [3.8, 4) is 5.69 Å². The lowest BCUT2D eigenvalue weighted by molar-refractivity contribution is -0.0761. The second kappa shape index (κ2) is 9.31. The van der Waals surface area contributed by atoms with Gasteiger partial charge in [-0.2, -0.15) is 15.0 Å². The molecule has 3 rings (SSSR count). The normalized spacial score (nSPS) is 10.8. The molecular weight excluding hydrogens is 388 g/mol. The molecule has 0 saturated heterocycles. The molecule has 3 aromatic rings. The van der Waals surface area contributed by atoms with Gasteiger partial charge in [-0.25, -0.2) is 10.0 Å². The van der Waals surface area contributed by atoms with Crippen LogP contribution in [-0.4, -0.2) is 69.0 Å². The number of likely N-dealkylation sites (N-methyl/N-ethyl adjacent to an activating group) is 1. The maximum Gasteiger partial charge on any atom is 0.299 e. The summed E-state index contributed by atoms with van der Waals surface area (Å²) in [5, 5.41) is 9.32. The first kappa shape index (κ1) is 21.2. The van der Waals surface area contributed by atoms with Gasteiger partial charge in [0.05, 0.1) is 30.8 Å². The van der Waals surface area contributed by atoms with E-state index in [4.69, 9.17) is 9.25 Å². The van der Waals surface area contributed by atoms with Crippen molar-refractivity contribution in [1.29, 1.82) is 0 Å². The first-order valence-electron chi connectivity index (χ1n) is 9.49. The molecule has 0 bridgehead atoms. The van der Waals surface area contributed by atoms with Gasteiger partial charge in [-0.05, 0) is 26.0 Å². The Balaban J connectivity index is 1.75. The summed E-state index contributed by atoms with van der Waals surface area (Å²) in [6, 6.07) is 7.17. The van der Waals surface area contributed by atoms with Crippen molar-refractivity contribution in [3.63, 3.8) is 0 Å². The van der Waals surface area contributed by atoms with E-state index in [2.05, 4.69) is 15.2 Å². The van der Waals surface area contributed by atoms with E-state index in [0.29, 0.717) is 42.4 Å². The van der Waals surface area contributed by atoms with Crippen LogP contribution in [0.1, 0.15) is 39.4 Å². The fraction of sp³-hybridized carbons (Fsp3) is 0.350. The van der Waals surface area contributed by atoms with Gasteiger partial charge < -0.3 is 9.32 Å². The molecule has 0 atom stereocenters. The lowest BCUT2D eigenvalue weighted by Gasteiger charge is -2.21. The molecule has 2 amide bonds. The summed E-state index contributed by atoms with van der Waals surface area (Å²) in [5.41, 5.74) is 1.30. The number of aromatic nitrogens is 4. The molecule has 10 heteroatoms. The van der Waals surface area contributed by atoms with Gasteiger partial charge in [0.2, 0.25) is 0 Å². The third-order valence-corrected chi connectivity index (χ3v) is 4.64. The summed E-state index contributed by atoms with van der Waals surface area (Å²) in [6.45, 7) is 4.45. The number of carbonyl (C=O) groups is 2. The number of amides is 2. The van der Waals surface area contributed by atoms with Gasteiger partial charge in [-0.15, -0.1) is 0 Å². The fourth-order valence-electron chi connectivity index (χ4n) is 2.96. The van der Waals surface area contributed by atoms with E-state index in [1.54, 1.807) is 42.4 Å². The zero-order chi connectivity index (χ0) is 21.7. The second-order valence-corrected chi connectivity index (χ2v) is 6.47. The highest BCUT2D eigenvalue weighted by Crippen LogP contribution is 2.17. The molecule has 1 aromatic carbocycles. The highest BCUT2D eigenvalue weighted by molar-refractivity contribution is 5.97. The molecule has 10 nitrogen and oxygen atoms in total. The molecule has 0 unspecified atom stereocenters. The number of oxazole rings is 1. The highest BCUT2D eigenvalue weighted by atomic mass is 16.7. The predicted octanol–water partition coefficient (Wildman–Crippen LogP) is 1.90. The van der Waals surface area contributed by atoms with Crippen LogP contribution in [0.25, 0.3) is 5.69 Å². The van der Waals surface area contributed by atoms with Crippen LogP contribution in [0.4, 0.5) is 0 Å². The number of carbonyl (C=O) groups excluding carboxylic acids is 2. The summed E-state index contributed by atoms with van der Waals surface area (Å²) in [5.74, 6) is 0.246. The average Bonchev–Trinajstić information content (AvgIpc) is 3.43. The molecule has 0 aliphatic carbocycles. The first-order chi connectivity index (χ1) is 14.5. The van der Waals surface area contributed by atoms with Crippen molar-refractivity contribution >= 4 is 11.8 Å². The Labute approximate surface area is 174 Å². The number of hydrogen-bond donors (Lipinski definition) is 0. The van der Waals surface area contributed by atoms with E-state index in [0.717, 1.165) is 5.06 Å². The molecule has 0 spiro atoms. The maximum absolute atomic E-state index is 13.2. The summed E-state index contributed by atoms with van der Waals surface area (Å²) in [4.78, 5) is 37.7. The molecule has 0 aliphatic rings. The van der Waals surface area contributed by atoms with Crippen LogP contribution < -0.4 is 0 Å². The minimum absolute atomic E-state index is 0.149. The molecule has 0 saturated carbocycles. The van der Waals surface area contributed by atoms with Crippen molar-refractivity contribution in [1.82, 2.24) is 29.9 Å². The Morgan fingerprint density at radius 3 is 2.53 bits per heavy atom. The minimum atomic E-state index is -0.394. The molecular formula is C20H24N6O4. The van der Waals surface area contributed by atoms with Crippen molar-refractivity contribution in [2.75, 3.05) is 27.2 Å². The third-order valence-electron chi connectivity index (χ3n) is 4.64. The van der Waals surface area contributed by atoms with Gasteiger partial charge in [0.1, 0.15) is 5.76 Å². The molecule has 2 aromatic heterocycles. The van der Waals surface area contributed by atoms with E-state index in [-0.39, 0.29) is 11.6 Å². The monoisotopic (exact) mass is 412 g/mol. The molecule has 30 heavy (non-hydrogen) atoms. The lowest BCUT2D eigenvalue weighted by Crippen LogP contribution is -2.33. The van der Waals surface area contributed by atoms with E-state index < -0.39 is 5.91 Å². The first-order valence-corrected chi connectivity index (χ1v) is 9.49. The number of benzene rings is 1. The van der Waals surface area contributed by atoms with Gasteiger partial charge in [-0.1, -0.05) is 12.1 Å². The number of rotatable bonds is 8. The quantitative estimate of drug-likeness (QED) is 0.520. The Kier molecular flexibility index (Phi) is 6.58. The Hall–Kier alpha value is -3.53. The summed E-state index contributed by atoms with van der Waals surface area (Å²) in [6.07, 6.45) is 3.49. The standard InChI is InChI=1S/C20H24N6O4/c1-5-25(13-10-17-23-18(14(2)30-17)20(28)24(3)29-4)19(27)15-8-6-7-9-16(15)26-21-11-12-22-26/h6-9,11-12H,5,10,13H2,1-4H3. The topological polar surface area (TPSA) is 107 Å². The van der Waals surface area contributed by atoms with Crippen LogP contribution in [0.15, 0.2) is 41.1 Å². The van der Waals surface area contributed by atoms with Crippen molar-refractivity contribution in [3.05, 3.63) is 59.6 Å². The molecule has 0 fully saturated rings. The SMILES string of the molecule is CCN(CCc1nc(C(=O)N(C)OC)c(C)o1)C(=O)c1ccccc1-n1nccn1. The van der Waals surface area contributed by atoms with Crippen molar-refractivity contribution in [2.24, 2.45) is 0 Å². The summed E-state index contributed by atoms with van der Waals surface area (Å²) >= 11 is 0. The van der Waals surface area contributed by atoms with Gasteiger partial charge >= 0.3 is 0 Å². The molecule has 0 aliphatic heterocycles. The molecule has 2 heterocycles. The zero-order valence-electron chi connectivity index (χ0n) is 17.4. The highest BCUT2D eigenvalue weighted by Gasteiger charge is 2.23. The fourth-order valence-corrected chi connectivity index (χ4v) is 2.96. The van der Waals surface area contributed by atoms with Crippen LogP contribution in [0.2, 0.25) is 0 Å². The van der Waals surface area contributed by atoms with Crippen LogP contribution in [-0.2, 0) is 11.3 Å². The largest absolute Gasteiger partial charge is 0.445 e. The molecule has 158 valence electrons.